The summed E-state index contributed by atoms with van der Waals surface area (Å²) in [6, 6.07) is 17.7. The Morgan fingerprint density at radius 3 is 2.17 bits per heavy atom. The van der Waals surface area contributed by atoms with Gasteiger partial charge in [0, 0.05) is 38.9 Å². The number of ether oxygens (including phenoxy) is 3. The van der Waals surface area contributed by atoms with Gasteiger partial charge in [-0.05, 0) is 36.1 Å². The quantitative estimate of drug-likeness (QED) is 0.324. The van der Waals surface area contributed by atoms with E-state index in [1.807, 2.05) is 49.5 Å². The van der Waals surface area contributed by atoms with Gasteiger partial charge < -0.3 is 19.3 Å². The molecule has 0 fully saturated rings. The van der Waals surface area contributed by atoms with Gasteiger partial charge in [0.15, 0.2) is 0 Å². The number of aliphatic hydroxyl groups is 1. The lowest BCUT2D eigenvalue weighted by molar-refractivity contribution is 0.00516. The van der Waals surface area contributed by atoms with Crippen LogP contribution in [0, 0.1) is 11.8 Å². The van der Waals surface area contributed by atoms with E-state index >= 15 is 0 Å². The summed E-state index contributed by atoms with van der Waals surface area (Å²) < 4.78 is 19.2. The fourth-order valence-electron chi connectivity index (χ4n) is 4.14. The monoisotopic (exact) mass is 495 g/mol. The number of hydrogen-bond donors (Lipinski definition) is 1. The number of benzene rings is 2. The van der Waals surface area contributed by atoms with Crippen molar-refractivity contribution in [3.8, 4) is 28.6 Å². The molecule has 1 N–H and O–H groups in total. The standard InChI is InChI=1S/C29H41N3O4/c1-21(2)16-32(17-24(33)20-35-19-22(3)4)18-27-28(23-10-8-7-9-11-23)30-31(5)29(27)36-26-14-12-25(34-6)13-15-26/h7-15,21-22,24,33H,16-20H2,1-6H3. The third kappa shape index (κ3) is 8.08. The molecule has 0 aliphatic heterocycles. The van der Waals surface area contributed by atoms with Gasteiger partial charge in [-0.3, -0.25) is 4.90 Å². The van der Waals surface area contributed by atoms with E-state index in [0.29, 0.717) is 49.8 Å². The van der Waals surface area contributed by atoms with Gasteiger partial charge in [0.25, 0.3) is 0 Å². The highest BCUT2D eigenvalue weighted by Gasteiger charge is 2.24. The van der Waals surface area contributed by atoms with Crippen LogP contribution in [0.15, 0.2) is 54.6 Å². The minimum Gasteiger partial charge on any atom is -0.497 e. The number of rotatable bonds is 14. The van der Waals surface area contributed by atoms with Crippen LogP contribution in [-0.4, -0.2) is 59.3 Å². The highest BCUT2D eigenvalue weighted by molar-refractivity contribution is 5.65. The highest BCUT2D eigenvalue weighted by atomic mass is 16.5. The number of hydrogen-bond acceptors (Lipinski definition) is 6. The molecule has 1 aromatic heterocycles. The van der Waals surface area contributed by atoms with Crippen LogP contribution < -0.4 is 9.47 Å². The van der Waals surface area contributed by atoms with Crippen molar-refractivity contribution < 1.29 is 19.3 Å². The first-order valence-electron chi connectivity index (χ1n) is 12.7. The Hall–Kier alpha value is -2.87. The molecule has 3 rings (SSSR count). The van der Waals surface area contributed by atoms with Crippen molar-refractivity contribution in [3.05, 3.63) is 60.2 Å². The van der Waals surface area contributed by atoms with Gasteiger partial charge in [0.1, 0.15) is 17.2 Å². The second-order valence-electron chi connectivity index (χ2n) is 10.1. The number of aliphatic hydroxyl groups excluding tert-OH is 1. The SMILES string of the molecule is COc1ccc(Oc2c(CN(CC(C)C)CC(O)COCC(C)C)c(-c3ccccc3)nn2C)cc1. The first kappa shape index (κ1) is 27.7. The van der Waals surface area contributed by atoms with Gasteiger partial charge in [-0.15, -0.1) is 0 Å². The fraction of sp³-hybridized carbons (Fsp3) is 0.483. The van der Waals surface area contributed by atoms with E-state index < -0.39 is 6.10 Å². The van der Waals surface area contributed by atoms with Crippen molar-refractivity contribution in [1.82, 2.24) is 14.7 Å². The van der Waals surface area contributed by atoms with E-state index in [4.69, 9.17) is 19.3 Å². The average Bonchev–Trinajstić information content (AvgIpc) is 3.14. The van der Waals surface area contributed by atoms with Crippen molar-refractivity contribution in [2.24, 2.45) is 18.9 Å². The minimum atomic E-state index is -0.578. The number of aromatic nitrogens is 2. The molecule has 7 heteroatoms. The molecule has 0 bridgehead atoms. The normalized spacial score (nSPS) is 12.5. The smallest absolute Gasteiger partial charge is 0.222 e. The van der Waals surface area contributed by atoms with Crippen molar-refractivity contribution in [3.63, 3.8) is 0 Å². The van der Waals surface area contributed by atoms with E-state index in [1.165, 1.54) is 0 Å². The molecule has 0 amide bonds. The molecule has 0 saturated carbocycles. The zero-order chi connectivity index (χ0) is 26.1. The number of aryl methyl sites for hydroxylation is 1. The van der Waals surface area contributed by atoms with Crippen molar-refractivity contribution in [1.29, 1.82) is 0 Å². The molecular weight excluding hydrogens is 454 g/mol. The van der Waals surface area contributed by atoms with Crippen LogP contribution in [0.5, 0.6) is 17.4 Å². The molecule has 7 nitrogen and oxygen atoms in total. The Labute approximate surface area is 215 Å². The third-order valence-electron chi connectivity index (χ3n) is 5.64. The van der Waals surface area contributed by atoms with Crippen LogP contribution >= 0.6 is 0 Å². The maximum absolute atomic E-state index is 10.7. The summed E-state index contributed by atoms with van der Waals surface area (Å²) in [6.45, 7) is 11.5. The van der Waals surface area contributed by atoms with Gasteiger partial charge in [0.2, 0.25) is 5.88 Å². The van der Waals surface area contributed by atoms with Crippen molar-refractivity contribution >= 4 is 0 Å². The van der Waals surface area contributed by atoms with E-state index in [1.54, 1.807) is 11.8 Å². The van der Waals surface area contributed by atoms with Gasteiger partial charge in [0.05, 0.1) is 25.4 Å². The molecule has 0 aliphatic rings. The maximum Gasteiger partial charge on any atom is 0.222 e. The van der Waals surface area contributed by atoms with E-state index in [2.05, 4.69) is 44.7 Å². The maximum atomic E-state index is 10.7. The Balaban J connectivity index is 1.91. The van der Waals surface area contributed by atoms with Crippen molar-refractivity contribution in [2.75, 3.05) is 33.4 Å². The molecular formula is C29H41N3O4. The first-order chi connectivity index (χ1) is 17.3. The van der Waals surface area contributed by atoms with Gasteiger partial charge >= 0.3 is 0 Å². The largest absolute Gasteiger partial charge is 0.497 e. The average molecular weight is 496 g/mol. The number of nitrogens with zero attached hydrogens (tertiary/aromatic N) is 3. The van der Waals surface area contributed by atoms with Crippen molar-refractivity contribution in [2.45, 2.75) is 40.3 Å². The van der Waals surface area contributed by atoms with Crippen LogP contribution in [0.1, 0.15) is 33.3 Å². The zero-order valence-electron chi connectivity index (χ0n) is 22.5. The van der Waals surface area contributed by atoms with E-state index in [9.17, 15) is 5.11 Å². The fourth-order valence-corrected chi connectivity index (χ4v) is 4.14. The first-order valence-corrected chi connectivity index (χ1v) is 12.7. The molecule has 3 aromatic rings. The second-order valence-corrected chi connectivity index (χ2v) is 10.1. The second kappa shape index (κ2) is 13.4. The van der Waals surface area contributed by atoms with Gasteiger partial charge in [-0.2, -0.15) is 5.10 Å². The molecule has 36 heavy (non-hydrogen) atoms. The molecule has 1 heterocycles. The summed E-state index contributed by atoms with van der Waals surface area (Å²) in [7, 11) is 3.54. The Morgan fingerprint density at radius 1 is 0.889 bits per heavy atom. The molecule has 1 atom stereocenters. The van der Waals surface area contributed by atoms with Crippen LogP contribution in [-0.2, 0) is 18.3 Å². The predicted molar refractivity (Wildman–Crippen MR) is 143 cm³/mol. The van der Waals surface area contributed by atoms with E-state index in [0.717, 1.165) is 29.1 Å². The lowest BCUT2D eigenvalue weighted by atomic mass is 10.1. The molecule has 0 saturated heterocycles. The molecule has 2 aromatic carbocycles. The summed E-state index contributed by atoms with van der Waals surface area (Å²) in [5.74, 6) is 3.02. The molecule has 0 radical (unpaired) electrons. The summed E-state index contributed by atoms with van der Waals surface area (Å²) in [5.41, 5.74) is 2.88. The predicted octanol–water partition coefficient (Wildman–Crippen LogP) is 5.38. The summed E-state index contributed by atoms with van der Waals surface area (Å²) in [5, 5.41) is 15.6. The Morgan fingerprint density at radius 2 is 1.56 bits per heavy atom. The van der Waals surface area contributed by atoms with Crippen LogP contribution in [0.25, 0.3) is 11.3 Å². The molecule has 0 spiro atoms. The minimum absolute atomic E-state index is 0.320. The Kier molecular flexibility index (Phi) is 10.3. The van der Waals surface area contributed by atoms with Gasteiger partial charge in [-0.1, -0.05) is 58.0 Å². The van der Waals surface area contributed by atoms with Crippen LogP contribution in [0.4, 0.5) is 0 Å². The molecule has 0 aliphatic carbocycles. The third-order valence-corrected chi connectivity index (χ3v) is 5.64. The van der Waals surface area contributed by atoms with Crippen LogP contribution in [0.2, 0.25) is 0 Å². The lowest BCUT2D eigenvalue weighted by Crippen LogP contribution is -2.37. The van der Waals surface area contributed by atoms with E-state index in [-0.39, 0.29) is 0 Å². The summed E-state index contributed by atoms with van der Waals surface area (Å²) in [4.78, 5) is 2.26. The number of methoxy groups -OCH3 is 1. The molecule has 196 valence electrons. The summed E-state index contributed by atoms with van der Waals surface area (Å²) in [6.07, 6.45) is -0.578. The topological polar surface area (TPSA) is 69.0 Å². The lowest BCUT2D eigenvalue weighted by Gasteiger charge is -2.27. The zero-order valence-corrected chi connectivity index (χ0v) is 22.5. The summed E-state index contributed by atoms with van der Waals surface area (Å²) >= 11 is 0. The van der Waals surface area contributed by atoms with Crippen LogP contribution in [0.3, 0.4) is 0 Å². The van der Waals surface area contributed by atoms with Gasteiger partial charge in [-0.25, -0.2) is 4.68 Å². The Bertz CT molecular complexity index is 1050. The highest BCUT2D eigenvalue weighted by Crippen LogP contribution is 2.34. The molecule has 1 unspecified atom stereocenters.